The third-order valence-electron chi connectivity index (χ3n) is 6.00. The summed E-state index contributed by atoms with van der Waals surface area (Å²) in [5, 5.41) is 6.97. The first-order valence-electron chi connectivity index (χ1n) is 17.2. The molecule has 0 radical (unpaired) electrons. The highest BCUT2D eigenvalue weighted by Crippen LogP contribution is 2.01. The molecule has 0 aliphatic carbocycles. The van der Waals surface area contributed by atoms with Crippen molar-refractivity contribution in [2.75, 3.05) is 165 Å². The van der Waals surface area contributed by atoms with Crippen LogP contribution in [0.1, 0.15) is 5.56 Å². The Hall–Kier alpha value is -1.95. The molecule has 0 saturated heterocycles. The SMILES string of the molecule is N=N/C(=C\NCCOCCOCCOCCOCCOCCOCc1cnc(S)nc1)COCCOCCOCCOCCOCCOCCN. The highest BCUT2D eigenvalue weighted by Gasteiger charge is 1.99. The van der Waals surface area contributed by atoms with E-state index in [0.717, 1.165) is 5.56 Å². The van der Waals surface area contributed by atoms with E-state index in [-0.39, 0.29) is 6.61 Å². The van der Waals surface area contributed by atoms with Gasteiger partial charge in [0.2, 0.25) is 0 Å². The van der Waals surface area contributed by atoms with E-state index in [1.54, 1.807) is 18.6 Å². The molecule has 0 amide bonds. The molecular weight excluding hydrogens is 692 g/mol. The van der Waals surface area contributed by atoms with Crippen LogP contribution in [0.3, 0.4) is 0 Å². The molecule has 0 saturated carbocycles. The van der Waals surface area contributed by atoms with E-state index < -0.39 is 0 Å². The van der Waals surface area contributed by atoms with E-state index in [9.17, 15) is 0 Å². The van der Waals surface area contributed by atoms with Crippen LogP contribution in [0.15, 0.2) is 34.6 Å². The predicted molar refractivity (Wildman–Crippen MR) is 188 cm³/mol. The number of hydrogen-bond donors (Lipinski definition) is 4. The Morgan fingerprint density at radius 2 is 0.922 bits per heavy atom. The quantitative estimate of drug-likeness (QED) is 0.0317. The van der Waals surface area contributed by atoms with Gasteiger partial charge in [-0.25, -0.2) is 15.5 Å². The monoisotopic (exact) mass is 752 g/mol. The molecule has 1 aromatic heterocycles. The van der Waals surface area contributed by atoms with Crippen LogP contribution >= 0.6 is 12.6 Å². The molecule has 51 heavy (non-hydrogen) atoms. The van der Waals surface area contributed by atoms with Gasteiger partial charge in [-0.05, 0) is 0 Å². The van der Waals surface area contributed by atoms with Crippen molar-refractivity contribution >= 4 is 12.6 Å². The van der Waals surface area contributed by atoms with Crippen molar-refractivity contribution in [1.29, 1.82) is 5.53 Å². The minimum absolute atomic E-state index is 0.205. The van der Waals surface area contributed by atoms with E-state index >= 15 is 0 Å². The van der Waals surface area contributed by atoms with Gasteiger partial charge < -0.3 is 67.9 Å². The van der Waals surface area contributed by atoms with Crippen molar-refractivity contribution in [2.45, 2.75) is 11.8 Å². The number of nitrogens with zero attached hydrogens (tertiary/aromatic N) is 3. The summed E-state index contributed by atoms with van der Waals surface area (Å²) in [4.78, 5) is 7.99. The molecule has 0 aliphatic heterocycles. The van der Waals surface area contributed by atoms with Gasteiger partial charge in [0, 0.05) is 37.2 Å². The van der Waals surface area contributed by atoms with Crippen LogP contribution in [0, 0.1) is 5.53 Å². The third-order valence-corrected chi connectivity index (χ3v) is 6.23. The Morgan fingerprint density at radius 1 is 0.569 bits per heavy atom. The molecule has 18 nitrogen and oxygen atoms in total. The number of aromatic nitrogens is 2. The zero-order valence-electron chi connectivity index (χ0n) is 29.9. The normalized spacial score (nSPS) is 11.8. The first kappa shape index (κ1) is 47.1. The van der Waals surface area contributed by atoms with Gasteiger partial charge >= 0.3 is 0 Å². The second-order valence-electron chi connectivity index (χ2n) is 10.1. The molecule has 1 rings (SSSR count). The van der Waals surface area contributed by atoms with E-state index in [4.69, 9.17) is 68.1 Å². The predicted octanol–water partition coefficient (Wildman–Crippen LogP) is 0.885. The van der Waals surface area contributed by atoms with Crippen molar-refractivity contribution in [1.82, 2.24) is 15.3 Å². The maximum atomic E-state index is 7.29. The van der Waals surface area contributed by atoms with Gasteiger partial charge in [0.1, 0.15) is 5.70 Å². The maximum absolute atomic E-state index is 7.29. The second-order valence-corrected chi connectivity index (χ2v) is 10.5. The molecule has 19 heteroatoms. The fourth-order valence-corrected chi connectivity index (χ4v) is 3.61. The van der Waals surface area contributed by atoms with E-state index in [0.29, 0.717) is 176 Å². The Bertz CT molecular complexity index is 914. The molecule has 0 atom stereocenters. The number of ether oxygens (including phenoxy) is 12. The number of nitrogens with one attached hydrogen (secondary N) is 2. The summed E-state index contributed by atoms with van der Waals surface area (Å²) < 4.78 is 65.4. The van der Waals surface area contributed by atoms with Gasteiger partial charge in [0.15, 0.2) is 5.16 Å². The van der Waals surface area contributed by atoms with Crippen molar-refractivity contribution < 1.29 is 56.8 Å². The van der Waals surface area contributed by atoms with Crippen LogP contribution in [0.25, 0.3) is 0 Å². The molecule has 0 aromatic carbocycles. The Balaban J connectivity index is 1.74. The summed E-state index contributed by atoms with van der Waals surface area (Å²) in [6, 6.07) is 0. The largest absolute Gasteiger partial charge is 0.387 e. The molecule has 0 fully saturated rings. The van der Waals surface area contributed by atoms with Crippen molar-refractivity contribution in [3.05, 3.63) is 29.9 Å². The van der Waals surface area contributed by atoms with Crippen LogP contribution in [0.4, 0.5) is 0 Å². The number of nitrogens with two attached hydrogens (primary N) is 1. The Kier molecular flexibility index (Phi) is 36.2. The van der Waals surface area contributed by atoms with Crippen LogP contribution in [0.2, 0.25) is 0 Å². The lowest BCUT2D eigenvalue weighted by atomic mass is 10.4. The molecule has 296 valence electrons. The maximum Gasteiger partial charge on any atom is 0.184 e. The number of thiol groups is 1. The summed E-state index contributed by atoms with van der Waals surface area (Å²) in [6.07, 6.45) is 5.01. The van der Waals surface area contributed by atoms with Gasteiger partial charge in [-0.1, -0.05) is 0 Å². The summed E-state index contributed by atoms with van der Waals surface area (Å²) in [5.74, 6) is 0. The topological polar surface area (TPSA) is 211 Å². The zero-order valence-corrected chi connectivity index (χ0v) is 30.8. The Labute approximate surface area is 307 Å². The lowest BCUT2D eigenvalue weighted by molar-refractivity contribution is -0.0175. The van der Waals surface area contributed by atoms with Crippen LogP contribution in [-0.4, -0.2) is 175 Å². The fraction of sp³-hybridized carbons (Fsp3) is 0.812. The number of rotatable bonds is 41. The summed E-state index contributed by atoms with van der Waals surface area (Å²) in [5.41, 5.74) is 14.0. The van der Waals surface area contributed by atoms with Gasteiger partial charge in [-0.2, -0.15) is 5.11 Å². The second kappa shape index (κ2) is 39.3. The van der Waals surface area contributed by atoms with E-state index in [1.807, 2.05) is 0 Å². The molecular formula is C32H60N6O12S. The standard InChI is InChI=1S/C32H60N6O12S/c33-1-3-39-5-7-41-9-11-43-13-16-46-18-20-48-22-24-50-29-31(38-34)27-35-2-4-40-6-8-42-10-12-44-14-15-45-17-19-47-21-23-49-28-30-25-36-32(51)37-26-30/h25-27,34-35H,1-24,28-29,33H2,(H,36,37,51)/b31-27-,38-34?. The minimum atomic E-state index is 0.205. The molecule has 4 N–H and O–H groups in total. The zero-order chi connectivity index (χ0) is 36.6. The third kappa shape index (κ3) is 34.9. The summed E-state index contributed by atoms with van der Waals surface area (Å²) in [7, 11) is 0. The molecule has 0 spiro atoms. The van der Waals surface area contributed by atoms with E-state index in [2.05, 4.69) is 33.0 Å². The van der Waals surface area contributed by atoms with Gasteiger partial charge in [-0.15, -0.1) is 12.6 Å². The highest BCUT2D eigenvalue weighted by molar-refractivity contribution is 7.80. The number of hydrogen-bond acceptors (Lipinski definition) is 19. The molecule has 0 bridgehead atoms. The first-order valence-corrected chi connectivity index (χ1v) is 17.6. The van der Waals surface area contributed by atoms with Crippen molar-refractivity contribution in [3.63, 3.8) is 0 Å². The molecule has 0 unspecified atom stereocenters. The minimum Gasteiger partial charge on any atom is -0.387 e. The summed E-state index contributed by atoms with van der Waals surface area (Å²) >= 11 is 4.05. The lowest BCUT2D eigenvalue weighted by Gasteiger charge is -2.09. The Morgan fingerprint density at radius 3 is 1.31 bits per heavy atom. The lowest BCUT2D eigenvalue weighted by Crippen LogP contribution is -2.18. The average molecular weight is 753 g/mol. The molecule has 1 aromatic rings. The molecule has 1 heterocycles. The van der Waals surface area contributed by atoms with Gasteiger partial charge in [0.05, 0.1) is 159 Å². The fourth-order valence-electron chi connectivity index (χ4n) is 3.50. The smallest absolute Gasteiger partial charge is 0.184 e. The van der Waals surface area contributed by atoms with Crippen LogP contribution in [-0.2, 0) is 63.4 Å². The van der Waals surface area contributed by atoms with Gasteiger partial charge in [-0.3, -0.25) is 0 Å². The highest BCUT2D eigenvalue weighted by atomic mass is 32.1. The summed E-state index contributed by atoms with van der Waals surface area (Å²) in [6.45, 7) is 12.4. The molecule has 0 aliphatic rings. The van der Waals surface area contributed by atoms with Crippen LogP contribution in [0.5, 0.6) is 0 Å². The first-order chi connectivity index (χ1) is 25.3. The van der Waals surface area contributed by atoms with E-state index in [1.165, 1.54) is 0 Å². The van der Waals surface area contributed by atoms with Crippen LogP contribution < -0.4 is 11.1 Å². The average Bonchev–Trinajstić information content (AvgIpc) is 3.14. The van der Waals surface area contributed by atoms with Gasteiger partial charge in [0.25, 0.3) is 0 Å². The van der Waals surface area contributed by atoms with Crippen molar-refractivity contribution in [3.8, 4) is 0 Å². The van der Waals surface area contributed by atoms with Crippen molar-refractivity contribution in [2.24, 2.45) is 10.8 Å².